The van der Waals surface area contributed by atoms with Gasteiger partial charge < -0.3 is 14.2 Å². The Labute approximate surface area is 161 Å². The molecule has 0 aromatic heterocycles. The van der Waals surface area contributed by atoms with Gasteiger partial charge in [-0.1, -0.05) is 56.3 Å². The van der Waals surface area contributed by atoms with Gasteiger partial charge in [-0.15, -0.1) is 0 Å². The lowest BCUT2D eigenvalue weighted by Gasteiger charge is -2.25. The maximum atomic E-state index is 6.00. The normalized spacial score (nSPS) is 11.2. The van der Waals surface area contributed by atoms with Gasteiger partial charge in [-0.05, 0) is 47.5 Å². The fraction of sp³-hybridized carbons (Fsp3) is 0.250. The minimum atomic E-state index is -0.0293. The highest BCUT2D eigenvalue weighted by atomic mass is 16.5. The number of hydrogen-bond acceptors (Lipinski definition) is 3. The monoisotopic (exact) mass is 362 g/mol. The Balaban J connectivity index is 1.57. The number of ether oxygens (including phenoxy) is 3. The van der Waals surface area contributed by atoms with Gasteiger partial charge in [-0.3, -0.25) is 0 Å². The van der Waals surface area contributed by atoms with Crippen LogP contribution >= 0.6 is 0 Å². The van der Waals surface area contributed by atoms with Gasteiger partial charge in [0.1, 0.15) is 17.2 Å². The lowest BCUT2D eigenvalue weighted by Crippen LogP contribution is -2.24. The molecule has 0 aliphatic carbocycles. The topological polar surface area (TPSA) is 27.7 Å². The van der Waals surface area contributed by atoms with Crippen LogP contribution in [0.3, 0.4) is 0 Å². The van der Waals surface area contributed by atoms with Gasteiger partial charge in [0.25, 0.3) is 0 Å². The molecule has 0 bridgehead atoms. The fourth-order valence-electron chi connectivity index (χ4n) is 2.88. The van der Waals surface area contributed by atoms with Gasteiger partial charge in [0, 0.05) is 5.41 Å². The largest absolute Gasteiger partial charge is 0.497 e. The maximum absolute atomic E-state index is 6.00. The van der Waals surface area contributed by atoms with Crippen LogP contribution in [-0.2, 0) is 16.8 Å². The summed E-state index contributed by atoms with van der Waals surface area (Å²) in [5.74, 6) is 2.38. The van der Waals surface area contributed by atoms with Crippen molar-refractivity contribution in [3.63, 3.8) is 0 Å². The van der Waals surface area contributed by atoms with Crippen molar-refractivity contribution in [3.8, 4) is 17.2 Å². The van der Waals surface area contributed by atoms with Crippen LogP contribution in [0.2, 0.25) is 0 Å². The van der Waals surface area contributed by atoms with E-state index in [1.807, 2.05) is 48.5 Å². The van der Waals surface area contributed by atoms with Crippen LogP contribution in [0.15, 0.2) is 78.9 Å². The van der Waals surface area contributed by atoms with Crippen LogP contribution in [0, 0.1) is 0 Å². The van der Waals surface area contributed by atoms with E-state index in [0.717, 1.165) is 22.8 Å². The van der Waals surface area contributed by atoms with Gasteiger partial charge >= 0.3 is 0 Å². The summed E-state index contributed by atoms with van der Waals surface area (Å²) in [7, 11) is 1.65. The third-order valence-electron chi connectivity index (χ3n) is 4.48. The second-order valence-electron chi connectivity index (χ2n) is 7.17. The van der Waals surface area contributed by atoms with E-state index in [1.54, 1.807) is 7.11 Å². The highest BCUT2D eigenvalue weighted by molar-refractivity contribution is 5.36. The molecule has 0 aliphatic heterocycles. The van der Waals surface area contributed by atoms with Crippen LogP contribution in [0.5, 0.6) is 17.2 Å². The van der Waals surface area contributed by atoms with Crippen molar-refractivity contribution in [2.24, 2.45) is 0 Å². The Hall–Kier alpha value is -2.78. The summed E-state index contributed by atoms with van der Waals surface area (Å²) >= 11 is 0. The first-order valence-electron chi connectivity index (χ1n) is 9.11. The Kier molecular flexibility index (Phi) is 6.15. The zero-order valence-corrected chi connectivity index (χ0v) is 16.1. The van der Waals surface area contributed by atoms with Crippen LogP contribution in [0.25, 0.3) is 0 Å². The van der Waals surface area contributed by atoms with E-state index in [2.05, 4.69) is 44.2 Å². The molecular formula is C24H26O3. The van der Waals surface area contributed by atoms with Gasteiger partial charge in [-0.2, -0.15) is 0 Å². The average Bonchev–Trinajstić information content (AvgIpc) is 2.69. The third-order valence-corrected chi connectivity index (χ3v) is 4.48. The van der Waals surface area contributed by atoms with Gasteiger partial charge in [0.2, 0.25) is 0 Å². The van der Waals surface area contributed by atoms with Crippen molar-refractivity contribution < 1.29 is 14.2 Å². The van der Waals surface area contributed by atoms with Crippen LogP contribution in [0.4, 0.5) is 0 Å². The van der Waals surface area contributed by atoms with Crippen LogP contribution in [-0.4, -0.2) is 13.7 Å². The smallest absolute Gasteiger partial charge is 0.127 e. The molecule has 3 aromatic rings. The second kappa shape index (κ2) is 8.74. The zero-order chi connectivity index (χ0) is 19.1. The number of benzene rings is 3. The molecule has 0 amide bonds. The lowest BCUT2D eigenvalue weighted by molar-refractivity contribution is 0.0824. The molecule has 0 unspecified atom stereocenters. The molecule has 3 aromatic carbocycles. The van der Waals surface area contributed by atoms with E-state index in [0.29, 0.717) is 13.2 Å². The van der Waals surface area contributed by atoms with Crippen LogP contribution < -0.4 is 9.47 Å². The van der Waals surface area contributed by atoms with Crippen molar-refractivity contribution in [1.82, 2.24) is 0 Å². The van der Waals surface area contributed by atoms with Crippen LogP contribution in [0.1, 0.15) is 25.0 Å². The molecule has 0 N–H and O–H groups in total. The molecule has 140 valence electrons. The molecule has 0 radical (unpaired) electrons. The molecule has 0 spiro atoms. The average molecular weight is 362 g/mol. The van der Waals surface area contributed by atoms with Crippen molar-refractivity contribution in [3.05, 3.63) is 90.0 Å². The molecule has 0 saturated carbocycles. The van der Waals surface area contributed by atoms with Gasteiger partial charge in [0.05, 0.1) is 20.3 Å². The van der Waals surface area contributed by atoms with Crippen molar-refractivity contribution in [1.29, 1.82) is 0 Å². The summed E-state index contributed by atoms with van der Waals surface area (Å²) < 4.78 is 17.1. The van der Waals surface area contributed by atoms with E-state index in [-0.39, 0.29) is 5.41 Å². The molecular weight excluding hydrogens is 336 g/mol. The standard InChI is InChI=1S/C24H26O3/c1-24(2,20-9-5-4-6-10-20)18-26-17-19-8-7-11-23(16-19)27-22-14-12-21(25-3)13-15-22/h4-16H,17-18H2,1-3H3. The Morgan fingerprint density at radius 3 is 2.15 bits per heavy atom. The minimum absolute atomic E-state index is 0.0293. The first kappa shape index (κ1) is 19.0. The van der Waals surface area contributed by atoms with Gasteiger partial charge in [0.15, 0.2) is 0 Å². The zero-order valence-electron chi connectivity index (χ0n) is 16.1. The molecule has 3 nitrogen and oxygen atoms in total. The lowest BCUT2D eigenvalue weighted by atomic mass is 9.86. The number of hydrogen-bond donors (Lipinski definition) is 0. The molecule has 27 heavy (non-hydrogen) atoms. The SMILES string of the molecule is COc1ccc(Oc2cccc(COCC(C)(C)c3ccccc3)c2)cc1. The van der Waals surface area contributed by atoms with Gasteiger partial charge in [-0.25, -0.2) is 0 Å². The maximum Gasteiger partial charge on any atom is 0.127 e. The molecule has 0 heterocycles. The van der Waals surface area contributed by atoms with E-state index in [4.69, 9.17) is 14.2 Å². The summed E-state index contributed by atoms with van der Waals surface area (Å²) in [5, 5.41) is 0. The Morgan fingerprint density at radius 1 is 0.741 bits per heavy atom. The van der Waals surface area contributed by atoms with E-state index in [9.17, 15) is 0 Å². The predicted molar refractivity (Wildman–Crippen MR) is 109 cm³/mol. The number of methoxy groups -OCH3 is 1. The minimum Gasteiger partial charge on any atom is -0.497 e. The molecule has 0 fully saturated rings. The van der Waals surface area contributed by atoms with E-state index in [1.165, 1.54) is 5.56 Å². The van der Waals surface area contributed by atoms with Crippen molar-refractivity contribution in [2.75, 3.05) is 13.7 Å². The molecule has 0 aliphatic rings. The predicted octanol–water partition coefficient (Wildman–Crippen LogP) is 5.98. The summed E-state index contributed by atoms with van der Waals surface area (Å²) in [5.41, 5.74) is 2.34. The highest BCUT2D eigenvalue weighted by Gasteiger charge is 2.20. The van der Waals surface area contributed by atoms with Crippen molar-refractivity contribution >= 4 is 0 Å². The highest BCUT2D eigenvalue weighted by Crippen LogP contribution is 2.26. The summed E-state index contributed by atoms with van der Waals surface area (Å²) in [6.45, 7) is 5.60. The van der Waals surface area contributed by atoms with E-state index >= 15 is 0 Å². The molecule has 0 saturated heterocycles. The summed E-state index contributed by atoms with van der Waals surface area (Å²) in [6.07, 6.45) is 0. The summed E-state index contributed by atoms with van der Waals surface area (Å²) in [6, 6.07) is 26.0. The van der Waals surface area contributed by atoms with Crippen molar-refractivity contribution in [2.45, 2.75) is 25.9 Å². The molecule has 0 atom stereocenters. The fourth-order valence-corrected chi connectivity index (χ4v) is 2.88. The quantitative estimate of drug-likeness (QED) is 0.493. The number of rotatable bonds is 8. The Morgan fingerprint density at radius 2 is 1.44 bits per heavy atom. The Bertz CT molecular complexity index is 839. The third kappa shape index (κ3) is 5.35. The van der Waals surface area contributed by atoms with E-state index < -0.39 is 0 Å². The summed E-state index contributed by atoms with van der Waals surface area (Å²) in [4.78, 5) is 0. The first-order valence-corrected chi connectivity index (χ1v) is 9.11. The first-order chi connectivity index (χ1) is 13.1. The second-order valence-corrected chi connectivity index (χ2v) is 7.17. The molecule has 3 rings (SSSR count). The molecule has 3 heteroatoms.